The van der Waals surface area contributed by atoms with Crippen molar-refractivity contribution in [2.45, 2.75) is 6.42 Å². The van der Waals surface area contributed by atoms with Crippen molar-refractivity contribution < 1.29 is 24.0 Å². The number of nitrogens with zero attached hydrogens (tertiary/aromatic N) is 1. The second-order valence-corrected chi connectivity index (χ2v) is 3.44. The highest BCUT2D eigenvalue weighted by Crippen LogP contribution is 2.27. The van der Waals surface area contributed by atoms with Crippen molar-refractivity contribution in [3.05, 3.63) is 38.7 Å². The van der Waals surface area contributed by atoms with Gasteiger partial charge in [-0.1, -0.05) is 11.6 Å². The van der Waals surface area contributed by atoms with Gasteiger partial charge in [-0.25, -0.2) is 4.39 Å². The molecule has 0 aliphatic rings. The second-order valence-electron chi connectivity index (χ2n) is 3.03. The molecule has 0 aliphatic heterocycles. The molecule has 1 aromatic carbocycles. The topological polar surface area (TPSA) is 97.5 Å². The number of carboxylic acids is 1. The van der Waals surface area contributed by atoms with Gasteiger partial charge in [0, 0.05) is 12.1 Å². The van der Waals surface area contributed by atoms with Crippen LogP contribution in [0.1, 0.15) is 16.8 Å². The fourth-order valence-electron chi connectivity index (χ4n) is 1.12. The quantitative estimate of drug-likeness (QED) is 0.387. The van der Waals surface area contributed by atoms with E-state index in [9.17, 15) is 24.1 Å². The van der Waals surface area contributed by atoms with Crippen molar-refractivity contribution in [2.24, 2.45) is 0 Å². The summed E-state index contributed by atoms with van der Waals surface area (Å²) in [5.74, 6) is -3.60. The fourth-order valence-corrected chi connectivity index (χ4v) is 1.34. The Morgan fingerprint density at radius 1 is 1.47 bits per heavy atom. The van der Waals surface area contributed by atoms with E-state index in [1.54, 1.807) is 0 Å². The molecule has 0 unspecified atom stereocenters. The Bertz CT molecular complexity index is 516. The smallest absolute Gasteiger partial charge is 0.311 e. The fraction of sp³-hybridized carbons (Fsp3) is 0.111. The van der Waals surface area contributed by atoms with Gasteiger partial charge in [0.25, 0.3) is 5.69 Å². The molecule has 0 atom stereocenters. The molecular weight excluding hydrogens is 257 g/mol. The Kier molecular flexibility index (Phi) is 3.74. The number of carboxylic acid groups (broad SMARTS) is 1. The summed E-state index contributed by atoms with van der Waals surface area (Å²) in [6.45, 7) is 0. The van der Waals surface area contributed by atoms with Crippen molar-refractivity contribution in [2.75, 3.05) is 0 Å². The predicted molar refractivity (Wildman–Crippen MR) is 54.6 cm³/mol. The maximum Gasteiger partial charge on any atom is 0.311 e. The lowest BCUT2D eigenvalue weighted by Gasteiger charge is -2.02. The minimum Gasteiger partial charge on any atom is -0.481 e. The first kappa shape index (κ1) is 13.0. The van der Waals surface area contributed by atoms with Gasteiger partial charge in [0.15, 0.2) is 5.78 Å². The maximum atomic E-state index is 13.3. The molecule has 1 rings (SSSR count). The molecule has 17 heavy (non-hydrogen) atoms. The van der Waals surface area contributed by atoms with Crippen LogP contribution in [0.5, 0.6) is 0 Å². The number of ketones is 1. The Hall–Kier alpha value is -2.02. The van der Waals surface area contributed by atoms with Crippen molar-refractivity contribution in [3.63, 3.8) is 0 Å². The molecule has 1 aromatic rings. The average molecular weight is 262 g/mol. The summed E-state index contributed by atoms with van der Waals surface area (Å²) in [7, 11) is 0. The maximum absolute atomic E-state index is 13.3. The van der Waals surface area contributed by atoms with E-state index >= 15 is 0 Å². The molecule has 0 saturated carbocycles. The first-order valence-electron chi connectivity index (χ1n) is 4.21. The number of hydrogen-bond donors (Lipinski definition) is 1. The van der Waals surface area contributed by atoms with Crippen molar-refractivity contribution >= 4 is 29.0 Å². The molecule has 0 fully saturated rings. The second kappa shape index (κ2) is 4.88. The van der Waals surface area contributed by atoms with Gasteiger partial charge >= 0.3 is 5.97 Å². The van der Waals surface area contributed by atoms with Crippen LogP contribution in [0.3, 0.4) is 0 Å². The number of carbonyl (C=O) groups excluding carboxylic acids is 1. The Morgan fingerprint density at radius 3 is 2.53 bits per heavy atom. The number of carbonyl (C=O) groups is 2. The molecule has 0 radical (unpaired) electrons. The zero-order valence-electron chi connectivity index (χ0n) is 8.15. The summed E-state index contributed by atoms with van der Waals surface area (Å²) in [5, 5.41) is 18.4. The molecule has 8 heteroatoms. The molecular formula is C9H5ClFNO5. The third-order valence-corrected chi connectivity index (χ3v) is 2.15. The van der Waals surface area contributed by atoms with E-state index in [4.69, 9.17) is 16.7 Å². The number of aliphatic carboxylic acids is 1. The van der Waals surface area contributed by atoms with E-state index in [0.717, 1.165) is 0 Å². The van der Waals surface area contributed by atoms with E-state index in [1.165, 1.54) is 0 Å². The summed E-state index contributed by atoms with van der Waals surface area (Å²) < 4.78 is 13.3. The third kappa shape index (κ3) is 2.97. The van der Waals surface area contributed by atoms with Gasteiger partial charge in [0.1, 0.15) is 17.3 Å². The monoisotopic (exact) mass is 261 g/mol. The van der Waals surface area contributed by atoms with Crippen LogP contribution in [-0.2, 0) is 4.79 Å². The predicted octanol–water partition coefficient (Wildman–Crippen LogP) is 2.04. The number of rotatable bonds is 4. The van der Waals surface area contributed by atoms with Gasteiger partial charge in [0.05, 0.1) is 10.5 Å². The molecule has 1 N–H and O–H groups in total. The molecule has 0 spiro atoms. The van der Waals surface area contributed by atoms with Gasteiger partial charge in [0.2, 0.25) is 0 Å². The molecule has 0 heterocycles. The van der Waals surface area contributed by atoms with Crippen LogP contribution < -0.4 is 0 Å². The summed E-state index contributed by atoms with van der Waals surface area (Å²) >= 11 is 5.40. The van der Waals surface area contributed by atoms with Crippen LogP contribution in [-0.4, -0.2) is 21.8 Å². The number of hydrogen-bond acceptors (Lipinski definition) is 4. The largest absolute Gasteiger partial charge is 0.481 e. The van der Waals surface area contributed by atoms with Crippen LogP contribution in [0.25, 0.3) is 0 Å². The molecule has 90 valence electrons. The number of benzene rings is 1. The molecule has 6 nitrogen and oxygen atoms in total. The van der Waals surface area contributed by atoms with Gasteiger partial charge < -0.3 is 5.11 Å². The highest BCUT2D eigenvalue weighted by molar-refractivity contribution is 6.32. The van der Waals surface area contributed by atoms with Crippen LogP contribution >= 0.6 is 11.6 Å². The molecule has 0 aromatic heterocycles. The van der Waals surface area contributed by atoms with Crippen LogP contribution in [0.15, 0.2) is 12.1 Å². The first-order chi connectivity index (χ1) is 7.82. The standard InChI is InChI=1S/C9H5ClFNO5/c10-5-2-6(11)4(1-7(5)12(16)17)8(13)3-9(14)15/h1-2H,3H2,(H,14,15). The van der Waals surface area contributed by atoms with Crippen LogP contribution in [0.4, 0.5) is 10.1 Å². The lowest BCUT2D eigenvalue weighted by Crippen LogP contribution is -2.09. The number of Topliss-reactive ketones (excluding diaryl/α,β-unsaturated/α-hetero) is 1. The highest BCUT2D eigenvalue weighted by atomic mass is 35.5. The highest BCUT2D eigenvalue weighted by Gasteiger charge is 2.22. The summed E-state index contributed by atoms with van der Waals surface area (Å²) in [4.78, 5) is 31.2. The number of halogens is 2. The van der Waals surface area contributed by atoms with Crippen molar-refractivity contribution in [1.29, 1.82) is 0 Å². The summed E-state index contributed by atoms with van der Waals surface area (Å²) in [6.07, 6.45) is -0.949. The zero-order valence-corrected chi connectivity index (χ0v) is 8.90. The number of nitro benzene ring substituents is 1. The summed E-state index contributed by atoms with van der Waals surface area (Å²) in [6, 6.07) is 1.23. The van der Waals surface area contributed by atoms with E-state index in [2.05, 4.69) is 0 Å². The third-order valence-electron chi connectivity index (χ3n) is 1.85. The lowest BCUT2D eigenvalue weighted by molar-refractivity contribution is -0.384. The van der Waals surface area contributed by atoms with Gasteiger partial charge in [-0.15, -0.1) is 0 Å². The Morgan fingerprint density at radius 2 is 2.06 bits per heavy atom. The van der Waals surface area contributed by atoms with Crippen LogP contribution in [0, 0.1) is 15.9 Å². The SMILES string of the molecule is O=C(O)CC(=O)c1cc([N+](=O)[O-])c(Cl)cc1F. The normalized spacial score (nSPS) is 10.0. The Labute approximate surface area is 98.8 Å². The van der Waals surface area contributed by atoms with Gasteiger partial charge in [-0.3, -0.25) is 19.7 Å². The van der Waals surface area contributed by atoms with E-state index in [1.807, 2.05) is 0 Å². The molecule has 0 amide bonds. The van der Waals surface area contributed by atoms with E-state index in [-0.39, 0.29) is 0 Å². The van der Waals surface area contributed by atoms with E-state index in [0.29, 0.717) is 12.1 Å². The first-order valence-corrected chi connectivity index (χ1v) is 4.59. The van der Waals surface area contributed by atoms with Gasteiger partial charge in [-0.2, -0.15) is 0 Å². The van der Waals surface area contributed by atoms with E-state index < -0.39 is 45.2 Å². The lowest BCUT2D eigenvalue weighted by atomic mass is 10.1. The Balaban J connectivity index is 3.25. The average Bonchev–Trinajstić information content (AvgIpc) is 2.15. The summed E-state index contributed by atoms with van der Waals surface area (Å²) in [5.41, 5.74) is -1.31. The molecule has 0 saturated heterocycles. The van der Waals surface area contributed by atoms with Crippen LogP contribution in [0.2, 0.25) is 5.02 Å². The number of nitro groups is 1. The molecule has 0 aliphatic carbocycles. The van der Waals surface area contributed by atoms with Crippen molar-refractivity contribution in [3.8, 4) is 0 Å². The minimum atomic E-state index is -1.45. The zero-order chi connectivity index (χ0) is 13.2. The van der Waals surface area contributed by atoms with Gasteiger partial charge in [-0.05, 0) is 0 Å². The van der Waals surface area contributed by atoms with Crippen molar-refractivity contribution in [1.82, 2.24) is 0 Å². The molecule has 0 bridgehead atoms. The minimum absolute atomic E-state index is 0.459.